The number of piperidine rings is 1. The van der Waals surface area contributed by atoms with Gasteiger partial charge in [-0.05, 0) is 43.0 Å². The zero-order valence-corrected chi connectivity index (χ0v) is 16.6. The Kier molecular flexibility index (Phi) is 5.31. The number of aromatic nitrogens is 2. The van der Waals surface area contributed by atoms with Gasteiger partial charge in [-0.15, -0.1) is 0 Å². The summed E-state index contributed by atoms with van der Waals surface area (Å²) in [5.41, 5.74) is 16.3. The van der Waals surface area contributed by atoms with E-state index in [9.17, 15) is 4.79 Å². The molecule has 3 heterocycles. The van der Waals surface area contributed by atoms with Gasteiger partial charge in [-0.3, -0.25) is 9.78 Å². The lowest BCUT2D eigenvalue weighted by atomic mass is 10.1. The second kappa shape index (κ2) is 8.05. The van der Waals surface area contributed by atoms with Gasteiger partial charge in [0.05, 0.1) is 28.8 Å². The predicted molar refractivity (Wildman–Crippen MR) is 117 cm³/mol. The Labute approximate surface area is 170 Å². The third-order valence-electron chi connectivity index (χ3n) is 5.38. The molecule has 0 aliphatic carbocycles. The van der Waals surface area contributed by atoms with Crippen molar-refractivity contribution in [2.24, 2.45) is 5.73 Å². The first-order valence-electron chi connectivity index (χ1n) is 10.00. The van der Waals surface area contributed by atoms with Crippen molar-refractivity contribution in [2.45, 2.75) is 32.2 Å². The van der Waals surface area contributed by atoms with Crippen LogP contribution in [0.1, 0.15) is 35.8 Å². The van der Waals surface area contributed by atoms with Gasteiger partial charge in [-0.1, -0.05) is 19.1 Å². The van der Waals surface area contributed by atoms with E-state index in [1.165, 1.54) is 0 Å². The molecule has 3 aromatic rings. The van der Waals surface area contributed by atoms with Crippen LogP contribution in [0.4, 0.5) is 17.1 Å². The highest BCUT2D eigenvalue weighted by Gasteiger charge is 2.21. The number of hydrogen-bond donors (Lipinski definition) is 3. The fraction of sp³-hybridized carbons (Fsp3) is 0.318. The van der Waals surface area contributed by atoms with Crippen LogP contribution in [-0.2, 0) is 6.42 Å². The number of anilines is 3. The minimum Gasteiger partial charge on any atom is -0.397 e. The summed E-state index contributed by atoms with van der Waals surface area (Å²) < 4.78 is 0. The van der Waals surface area contributed by atoms with Crippen molar-refractivity contribution < 1.29 is 4.79 Å². The summed E-state index contributed by atoms with van der Waals surface area (Å²) in [6.07, 6.45) is 6.32. The van der Waals surface area contributed by atoms with Gasteiger partial charge in [0.25, 0.3) is 5.91 Å². The lowest BCUT2D eigenvalue weighted by Gasteiger charge is -2.33. The molecule has 7 nitrogen and oxygen atoms in total. The summed E-state index contributed by atoms with van der Waals surface area (Å²) in [7, 11) is 0. The van der Waals surface area contributed by atoms with Crippen molar-refractivity contribution in [1.82, 2.24) is 9.97 Å². The number of amides is 1. The zero-order chi connectivity index (χ0) is 20.4. The van der Waals surface area contributed by atoms with Gasteiger partial charge < -0.3 is 21.7 Å². The quantitative estimate of drug-likeness (QED) is 0.632. The summed E-state index contributed by atoms with van der Waals surface area (Å²) >= 11 is 0. The van der Waals surface area contributed by atoms with Gasteiger partial charge >= 0.3 is 0 Å². The zero-order valence-electron chi connectivity index (χ0n) is 16.6. The lowest BCUT2D eigenvalue weighted by Crippen LogP contribution is -2.43. The molecular weight excluding hydrogens is 364 g/mol. The maximum absolute atomic E-state index is 13.0. The molecule has 1 aliphatic rings. The number of hydrogen-bond acceptors (Lipinski definition) is 6. The van der Waals surface area contributed by atoms with E-state index in [2.05, 4.69) is 33.2 Å². The number of nitrogens with zero attached hydrogens (tertiary/aromatic N) is 3. The van der Waals surface area contributed by atoms with Gasteiger partial charge in [0, 0.05) is 30.7 Å². The standard InChI is InChI=1S/C22H26N6O/c1-2-14-5-6-15-11-17(24)21(26-18(15)10-14)22(29)27-19-12-25-8-7-20(19)28-9-3-4-16(23)13-28/h5-8,10-12,16H,2-4,9,13,23-24H2,1H3,(H,27,29)/t16-/m0/s1. The van der Waals surface area contributed by atoms with Crippen molar-refractivity contribution in [3.05, 3.63) is 54.0 Å². The Balaban J connectivity index is 1.64. The first-order valence-corrected chi connectivity index (χ1v) is 10.00. The molecule has 0 spiro atoms. The highest BCUT2D eigenvalue weighted by atomic mass is 16.1. The molecule has 1 atom stereocenters. The maximum atomic E-state index is 13.0. The summed E-state index contributed by atoms with van der Waals surface area (Å²) in [5, 5.41) is 3.86. The average molecular weight is 390 g/mol. The molecule has 1 fully saturated rings. The van der Waals surface area contributed by atoms with E-state index in [0.717, 1.165) is 54.5 Å². The van der Waals surface area contributed by atoms with E-state index < -0.39 is 0 Å². The maximum Gasteiger partial charge on any atom is 0.276 e. The smallest absolute Gasteiger partial charge is 0.276 e. The van der Waals surface area contributed by atoms with Crippen LogP contribution in [0.25, 0.3) is 10.9 Å². The van der Waals surface area contributed by atoms with E-state index >= 15 is 0 Å². The van der Waals surface area contributed by atoms with Crippen molar-refractivity contribution in [1.29, 1.82) is 0 Å². The largest absolute Gasteiger partial charge is 0.397 e. The molecule has 150 valence electrons. The summed E-state index contributed by atoms with van der Waals surface area (Å²) in [5.74, 6) is -0.346. The van der Waals surface area contributed by atoms with Crippen LogP contribution in [0, 0.1) is 0 Å². The number of carbonyl (C=O) groups is 1. The molecule has 4 rings (SSSR count). The number of rotatable bonds is 4. The summed E-state index contributed by atoms with van der Waals surface area (Å²) in [4.78, 5) is 23.9. The van der Waals surface area contributed by atoms with Crippen LogP contribution in [0.5, 0.6) is 0 Å². The normalized spacial score (nSPS) is 16.8. The number of aryl methyl sites for hydroxylation is 1. The molecule has 2 aromatic heterocycles. The Morgan fingerprint density at radius 2 is 2.17 bits per heavy atom. The number of nitrogens with two attached hydrogens (primary N) is 2. The van der Waals surface area contributed by atoms with Crippen molar-refractivity contribution >= 4 is 33.9 Å². The second-order valence-corrected chi connectivity index (χ2v) is 7.50. The third kappa shape index (κ3) is 4.00. The molecule has 29 heavy (non-hydrogen) atoms. The van der Waals surface area contributed by atoms with Crippen LogP contribution in [0.3, 0.4) is 0 Å². The van der Waals surface area contributed by atoms with E-state index in [-0.39, 0.29) is 17.6 Å². The Morgan fingerprint density at radius 3 is 2.97 bits per heavy atom. The number of nitrogen functional groups attached to an aromatic ring is 1. The van der Waals surface area contributed by atoms with Gasteiger partial charge in [0.1, 0.15) is 0 Å². The average Bonchev–Trinajstić information content (AvgIpc) is 2.73. The molecule has 0 bridgehead atoms. The molecule has 1 amide bonds. The Morgan fingerprint density at radius 1 is 1.31 bits per heavy atom. The van der Waals surface area contributed by atoms with Crippen molar-refractivity contribution in [2.75, 3.05) is 29.0 Å². The van der Waals surface area contributed by atoms with Crippen molar-refractivity contribution in [3.63, 3.8) is 0 Å². The highest BCUT2D eigenvalue weighted by molar-refractivity contribution is 6.09. The fourth-order valence-corrected chi connectivity index (χ4v) is 3.80. The molecule has 0 saturated carbocycles. The van der Waals surface area contributed by atoms with Crippen LogP contribution >= 0.6 is 0 Å². The Bertz CT molecular complexity index is 1050. The fourth-order valence-electron chi connectivity index (χ4n) is 3.80. The first kappa shape index (κ1) is 19.1. The van der Waals surface area contributed by atoms with Gasteiger partial charge in [-0.2, -0.15) is 0 Å². The first-order chi connectivity index (χ1) is 14.0. The monoisotopic (exact) mass is 390 g/mol. The van der Waals surface area contributed by atoms with Crippen LogP contribution < -0.4 is 21.7 Å². The number of benzene rings is 1. The summed E-state index contributed by atoms with van der Waals surface area (Å²) in [6, 6.07) is 9.86. The molecule has 1 saturated heterocycles. The van der Waals surface area contributed by atoms with Gasteiger partial charge in [0.15, 0.2) is 5.69 Å². The van der Waals surface area contributed by atoms with Crippen molar-refractivity contribution in [3.8, 4) is 0 Å². The highest BCUT2D eigenvalue weighted by Crippen LogP contribution is 2.28. The minimum atomic E-state index is -0.346. The molecule has 0 unspecified atom stereocenters. The van der Waals surface area contributed by atoms with E-state index in [4.69, 9.17) is 11.5 Å². The van der Waals surface area contributed by atoms with E-state index in [0.29, 0.717) is 11.4 Å². The van der Waals surface area contributed by atoms with Gasteiger partial charge in [-0.25, -0.2) is 4.98 Å². The topological polar surface area (TPSA) is 110 Å². The lowest BCUT2D eigenvalue weighted by molar-refractivity contribution is 0.102. The SMILES string of the molecule is CCc1ccc2cc(N)c(C(=O)Nc3cnccc3N3CCC[C@H](N)C3)nc2c1. The molecule has 1 aliphatic heterocycles. The van der Waals surface area contributed by atoms with E-state index in [1.54, 1.807) is 18.5 Å². The number of nitrogens with one attached hydrogen (secondary N) is 1. The predicted octanol–water partition coefficient (Wildman–Crippen LogP) is 2.95. The summed E-state index contributed by atoms with van der Waals surface area (Å²) in [6.45, 7) is 3.74. The van der Waals surface area contributed by atoms with Gasteiger partial charge in [0.2, 0.25) is 0 Å². The number of pyridine rings is 2. The van der Waals surface area contributed by atoms with E-state index in [1.807, 2.05) is 18.2 Å². The number of fused-ring (bicyclic) bond motifs is 1. The second-order valence-electron chi connectivity index (χ2n) is 7.50. The number of carbonyl (C=O) groups excluding carboxylic acids is 1. The Hall–Kier alpha value is -3.19. The minimum absolute atomic E-state index is 0.131. The molecule has 5 N–H and O–H groups in total. The van der Waals surface area contributed by atoms with Crippen LogP contribution in [0.15, 0.2) is 42.7 Å². The van der Waals surface area contributed by atoms with Crippen LogP contribution in [0.2, 0.25) is 0 Å². The molecule has 7 heteroatoms. The molecule has 0 radical (unpaired) electrons. The molecule has 1 aromatic carbocycles. The molecular formula is C22H26N6O. The van der Waals surface area contributed by atoms with Crippen LogP contribution in [-0.4, -0.2) is 35.0 Å². The third-order valence-corrected chi connectivity index (χ3v) is 5.38.